The Kier molecular flexibility index (Phi) is 5.55. The van der Waals surface area contributed by atoms with Gasteiger partial charge in [-0.25, -0.2) is 4.39 Å². The molecule has 0 saturated carbocycles. The maximum atomic E-state index is 14.6. The van der Waals surface area contributed by atoms with Crippen molar-refractivity contribution in [1.82, 2.24) is 4.98 Å². The van der Waals surface area contributed by atoms with Crippen molar-refractivity contribution in [2.24, 2.45) is 0 Å². The van der Waals surface area contributed by atoms with E-state index in [-0.39, 0.29) is 5.92 Å². The number of methoxy groups -OCH3 is 1. The van der Waals surface area contributed by atoms with Crippen LogP contribution in [0.1, 0.15) is 24.8 Å². The fourth-order valence-electron chi connectivity index (χ4n) is 2.91. The summed E-state index contributed by atoms with van der Waals surface area (Å²) in [6, 6.07) is 4.85. The molecule has 1 aromatic heterocycles. The van der Waals surface area contributed by atoms with E-state index in [2.05, 4.69) is 4.98 Å². The molecule has 2 heterocycles. The van der Waals surface area contributed by atoms with Crippen molar-refractivity contribution in [2.75, 3.05) is 20.3 Å². The third-order valence-electron chi connectivity index (χ3n) is 4.23. The van der Waals surface area contributed by atoms with Gasteiger partial charge in [-0.15, -0.1) is 0 Å². The van der Waals surface area contributed by atoms with E-state index >= 15 is 0 Å². The maximum Gasteiger partial charge on any atom is 0.454 e. The molecule has 132 valence electrons. The zero-order valence-corrected chi connectivity index (χ0v) is 14.4. The van der Waals surface area contributed by atoms with Crippen LogP contribution in [-0.2, 0) is 4.65 Å². The fourth-order valence-corrected chi connectivity index (χ4v) is 2.91. The van der Waals surface area contributed by atoms with Crippen molar-refractivity contribution >= 4 is 7.12 Å². The summed E-state index contributed by atoms with van der Waals surface area (Å²) in [5.74, 6) is 0.527. The minimum Gasteiger partial charge on any atom is -0.493 e. The normalized spacial score (nSPS) is 17.0. The van der Waals surface area contributed by atoms with E-state index in [0.717, 1.165) is 12.0 Å². The van der Waals surface area contributed by atoms with Crippen LogP contribution < -0.4 is 9.47 Å². The second-order valence-corrected chi connectivity index (χ2v) is 6.06. The highest BCUT2D eigenvalue weighted by molar-refractivity contribution is 6.43. The lowest BCUT2D eigenvalue weighted by Crippen LogP contribution is -2.07. The van der Waals surface area contributed by atoms with Crippen LogP contribution in [0.2, 0.25) is 6.32 Å². The Morgan fingerprint density at radius 1 is 1.32 bits per heavy atom. The number of pyridine rings is 1. The quantitative estimate of drug-likeness (QED) is 0.815. The summed E-state index contributed by atoms with van der Waals surface area (Å²) in [5, 5.41) is 9.53. The Labute approximate surface area is 146 Å². The lowest BCUT2D eigenvalue weighted by atomic mass is 9.80. The highest BCUT2D eigenvalue weighted by Gasteiger charge is 2.30. The van der Waals surface area contributed by atoms with E-state index in [1.54, 1.807) is 18.5 Å². The number of benzene rings is 1. The molecule has 1 aliphatic rings. The van der Waals surface area contributed by atoms with E-state index < -0.39 is 12.9 Å². The largest absolute Gasteiger partial charge is 0.493 e. The molecule has 1 fully saturated rings. The monoisotopic (exact) mass is 345 g/mol. The molecule has 25 heavy (non-hydrogen) atoms. The van der Waals surface area contributed by atoms with Gasteiger partial charge in [-0.2, -0.15) is 0 Å². The third-order valence-corrected chi connectivity index (χ3v) is 4.23. The minimum absolute atomic E-state index is 0.0552. The highest BCUT2D eigenvalue weighted by Crippen LogP contribution is 2.36. The smallest absolute Gasteiger partial charge is 0.454 e. The van der Waals surface area contributed by atoms with Gasteiger partial charge in [-0.05, 0) is 30.4 Å². The first-order valence-corrected chi connectivity index (χ1v) is 8.37. The zero-order valence-electron chi connectivity index (χ0n) is 14.4. The highest BCUT2D eigenvalue weighted by atomic mass is 19.1. The van der Waals surface area contributed by atoms with Crippen molar-refractivity contribution in [1.29, 1.82) is 0 Å². The van der Waals surface area contributed by atoms with Gasteiger partial charge < -0.3 is 19.2 Å². The molecule has 7 heteroatoms. The average Bonchev–Trinajstić information content (AvgIpc) is 3.07. The third kappa shape index (κ3) is 3.94. The van der Waals surface area contributed by atoms with Gasteiger partial charge in [0.2, 0.25) is 0 Å². The first-order chi connectivity index (χ1) is 12.1. The van der Waals surface area contributed by atoms with Crippen LogP contribution >= 0.6 is 0 Å². The molecule has 1 aliphatic heterocycles. The molecule has 5 nitrogen and oxygen atoms in total. The summed E-state index contributed by atoms with van der Waals surface area (Å²) in [7, 11) is 0.737. The maximum absolute atomic E-state index is 14.6. The standard InChI is InChI=1S/C18H21BFNO4/c1-3-4-24-18-6-15(16(20)7-17(18)23-2)13-5-12(9-21-10-13)14-8-19(22)25-11-14/h5-7,9-10,14,22H,3-4,8,11H2,1-2H3/t14-/m0/s1. The Morgan fingerprint density at radius 2 is 2.16 bits per heavy atom. The molecular weight excluding hydrogens is 324 g/mol. The molecular formula is C18H21BFNO4. The molecule has 3 rings (SSSR count). The van der Waals surface area contributed by atoms with Crippen molar-refractivity contribution in [3.05, 3.63) is 42.0 Å². The van der Waals surface area contributed by atoms with Gasteiger partial charge in [0.15, 0.2) is 11.5 Å². The first-order valence-electron chi connectivity index (χ1n) is 8.37. The molecule has 0 amide bonds. The van der Waals surface area contributed by atoms with Crippen LogP contribution in [-0.4, -0.2) is 37.4 Å². The van der Waals surface area contributed by atoms with Gasteiger partial charge in [-0.1, -0.05) is 6.92 Å². The predicted octanol–water partition coefficient (Wildman–Crippen LogP) is 3.28. The zero-order chi connectivity index (χ0) is 17.8. The topological polar surface area (TPSA) is 60.8 Å². The summed E-state index contributed by atoms with van der Waals surface area (Å²) in [4.78, 5) is 4.23. The van der Waals surface area contributed by atoms with E-state index in [1.165, 1.54) is 13.2 Å². The number of ether oxygens (including phenoxy) is 2. The van der Waals surface area contributed by atoms with Crippen molar-refractivity contribution in [3.63, 3.8) is 0 Å². The molecule has 1 atom stereocenters. The number of rotatable bonds is 6. The second-order valence-electron chi connectivity index (χ2n) is 6.06. The first kappa shape index (κ1) is 17.7. The Bertz CT molecular complexity index is 743. The van der Waals surface area contributed by atoms with E-state index in [0.29, 0.717) is 42.2 Å². The number of nitrogens with zero attached hydrogens (tertiary/aromatic N) is 1. The lowest BCUT2D eigenvalue weighted by Gasteiger charge is -2.14. The molecule has 0 bridgehead atoms. The van der Waals surface area contributed by atoms with Crippen molar-refractivity contribution in [3.8, 4) is 22.6 Å². The van der Waals surface area contributed by atoms with Gasteiger partial charge in [0.25, 0.3) is 0 Å². The summed E-state index contributed by atoms with van der Waals surface area (Å²) < 4.78 is 30.6. The Hall–Kier alpha value is -2.12. The predicted molar refractivity (Wildman–Crippen MR) is 93.4 cm³/mol. The molecule has 2 aromatic rings. The number of hydrogen-bond acceptors (Lipinski definition) is 5. The molecule has 1 aromatic carbocycles. The molecule has 1 saturated heterocycles. The van der Waals surface area contributed by atoms with Crippen LogP contribution in [0.4, 0.5) is 4.39 Å². The lowest BCUT2D eigenvalue weighted by molar-refractivity contribution is 0.292. The number of hydrogen-bond donors (Lipinski definition) is 1. The van der Waals surface area contributed by atoms with Crippen molar-refractivity contribution in [2.45, 2.75) is 25.6 Å². The van der Waals surface area contributed by atoms with Crippen LogP contribution in [0, 0.1) is 5.82 Å². The van der Waals surface area contributed by atoms with E-state index in [9.17, 15) is 9.41 Å². The average molecular weight is 345 g/mol. The summed E-state index contributed by atoms with van der Waals surface area (Å²) in [6.07, 6.45) is 4.70. The Balaban J connectivity index is 1.95. The van der Waals surface area contributed by atoms with Crippen LogP contribution in [0.25, 0.3) is 11.1 Å². The van der Waals surface area contributed by atoms with Crippen LogP contribution in [0.15, 0.2) is 30.6 Å². The van der Waals surface area contributed by atoms with E-state index in [4.69, 9.17) is 14.1 Å². The molecule has 0 spiro atoms. The summed E-state index contributed by atoms with van der Waals surface area (Å²) in [6.45, 7) is 2.96. The summed E-state index contributed by atoms with van der Waals surface area (Å²) in [5.41, 5.74) is 1.97. The Morgan fingerprint density at radius 3 is 2.84 bits per heavy atom. The number of aromatic nitrogens is 1. The van der Waals surface area contributed by atoms with Gasteiger partial charge in [0.05, 0.1) is 13.7 Å². The molecule has 0 aliphatic carbocycles. The van der Waals surface area contributed by atoms with Crippen molar-refractivity contribution < 1.29 is 23.5 Å². The minimum atomic E-state index is -0.750. The molecule has 0 unspecified atom stereocenters. The molecule has 0 radical (unpaired) electrons. The van der Waals surface area contributed by atoms with E-state index in [1.807, 2.05) is 13.0 Å². The van der Waals surface area contributed by atoms with Crippen LogP contribution in [0.3, 0.4) is 0 Å². The molecule has 1 N–H and O–H groups in total. The number of halogens is 1. The van der Waals surface area contributed by atoms with Gasteiger partial charge in [0, 0.05) is 42.1 Å². The summed E-state index contributed by atoms with van der Waals surface area (Å²) >= 11 is 0. The fraction of sp³-hybridized carbons (Fsp3) is 0.389. The van der Waals surface area contributed by atoms with Gasteiger partial charge in [-0.3, -0.25) is 4.98 Å². The van der Waals surface area contributed by atoms with Gasteiger partial charge in [0.1, 0.15) is 5.82 Å². The second kappa shape index (κ2) is 7.84. The van der Waals surface area contributed by atoms with Crippen LogP contribution in [0.5, 0.6) is 11.5 Å². The van der Waals surface area contributed by atoms with Gasteiger partial charge >= 0.3 is 7.12 Å². The SMILES string of the molecule is CCCOc1cc(-c2cncc([C@@H]3COB(O)C3)c2)c(F)cc1OC.